The van der Waals surface area contributed by atoms with E-state index in [0.717, 1.165) is 5.01 Å². The van der Waals surface area contributed by atoms with E-state index >= 15 is 0 Å². The summed E-state index contributed by atoms with van der Waals surface area (Å²) in [6.07, 6.45) is 0. The lowest BCUT2D eigenvalue weighted by Crippen LogP contribution is -2.13. The number of hydrogen-bond acceptors (Lipinski definition) is 3. The molecule has 10 heavy (non-hydrogen) atoms. The number of carbonyl (C=O) groups is 1. The molecule has 1 rings (SSSR count). The molecule has 0 aromatic carbocycles. The molecule has 0 atom stereocenters. The van der Waals surface area contributed by atoms with Crippen molar-refractivity contribution in [2.75, 3.05) is 0 Å². The van der Waals surface area contributed by atoms with E-state index < -0.39 is 5.97 Å². The lowest BCUT2D eigenvalue weighted by molar-refractivity contribution is 0.0703. The van der Waals surface area contributed by atoms with E-state index in [4.69, 9.17) is 5.11 Å². The smallest absolute Gasteiger partial charge is 0.346 e. The van der Waals surface area contributed by atoms with Crippen molar-refractivity contribution in [3.8, 4) is 0 Å². The van der Waals surface area contributed by atoms with Crippen LogP contribution in [0.25, 0.3) is 0 Å². The number of thiazole rings is 1. The van der Waals surface area contributed by atoms with Gasteiger partial charge >= 0.3 is 5.97 Å². The summed E-state index contributed by atoms with van der Waals surface area (Å²) < 4.78 is 0. The Balaban J connectivity index is 3.15. The molecule has 0 unspecified atom stereocenters. The molecular formula is C5H6BNO2S. The first kappa shape index (κ1) is 7.27. The topological polar surface area (TPSA) is 50.2 Å². The van der Waals surface area contributed by atoms with Crippen LogP contribution in [-0.2, 0) is 0 Å². The Morgan fingerprint density at radius 1 is 1.80 bits per heavy atom. The van der Waals surface area contributed by atoms with Crippen LogP contribution in [0.1, 0.15) is 14.7 Å². The predicted octanol–water partition coefficient (Wildman–Crippen LogP) is -0.592. The molecule has 5 heteroatoms. The lowest BCUT2D eigenvalue weighted by Gasteiger charge is -1.84. The quantitative estimate of drug-likeness (QED) is 0.551. The molecule has 0 aliphatic heterocycles. The minimum Gasteiger partial charge on any atom is -0.477 e. The first-order valence-corrected chi connectivity index (χ1v) is 3.60. The van der Waals surface area contributed by atoms with Gasteiger partial charge in [0.25, 0.3) is 0 Å². The van der Waals surface area contributed by atoms with E-state index in [9.17, 15) is 4.79 Å². The van der Waals surface area contributed by atoms with E-state index in [1.165, 1.54) is 11.3 Å². The van der Waals surface area contributed by atoms with Crippen LogP contribution < -0.4 is 5.59 Å². The second-order valence-corrected chi connectivity index (χ2v) is 3.16. The molecule has 1 aromatic rings. The number of aryl methyl sites for hydroxylation is 1. The Bertz CT molecular complexity index is 271. The van der Waals surface area contributed by atoms with Crippen LogP contribution >= 0.6 is 11.3 Å². The molecule has 1 aromatic heterocycles. The van der Waals surface area contributed by atoms with Gasteiger partial charge in [-0.25, -0.2) is 4.79 Å². The van der Waals surface area contributed by atoms with Gasteiger partial charge in [-0.15, -0.1) is 11.3 Å². The van der Waals surface area contributed by atoms with E-state index in [-0.39, 0.29) is 0 Å². The average molecular weight is 155 g/mol. The largest absolute Gasteiger partial charge is 0.477 e. The molecule has 1 heterocycles. The zero-order chi connectivity index (χ0) is 7.72. The van der Waals surface area contributed by atoms with Crippen molar-refractivity contribution in [3.63, 3.8) is 0 Å². The SMILES string of the molecule is Bc1nc(C)sc1C(=O)O. The Morgan fingerprint density at radius 3 is 2.60 bits per heavy atom. The highest BCUT2D eigenvalue weighted by molar-refractivity contribution is 7.14. The highest BCUT2D eigenvalue weighted by Gasteiger charge is 2.10. The van der Waals surface area contributed by atoms with Crippen LogP contribution in [0.3, 0.4) is 0 Å². The van der Waals surface area contributed by atoms with Gasteiger partial charge in [-0.05, 0) is 6.92 Å². The molecule has 0 amide bonds. The van der Waals surface area contributed by atoms with E-state index in [1.807, 2.05) is 0 Å². The van der Waals surface area contributed by atoms with Gasteiger partial charge in [0, 0.05) is 5.59 Å². The second kappa shape index (κ2) is 2.42. The first-order chi connectivity index (χ1) is 4.61. The number of rotatable bonds is 1. The van der Waals surface area contributed by atoms with Gasteiger partial charge in [-0.3, -0.25) is 4.98 Å². The van der Waals surface area contributed by atoms with Gasteiger partial charge in [-0.2, -0.15) is 0 Å². The Morgan fingerprint density at radius 2 is 2.40 bits per heavy atom. The van der Waals surface area contributed by atoms with Crippen LogP contribution in [0.15, 0.2) is 0 Å². The summed E-state index contributed by atoms with van der Waals surface area (Å²) in [5.74, 6) is -0.886. The molecule has 0 aliphatic rings. The number of aromatic nitrogens is 1. The average Bonchev–Trinajstić information content (AvgIpc) is 2.10. The van der Waals surface area contributed by atoms with Crippen molar-refractivity contribution in [2.45, 2.75) is 6.92 Å². The number of nitrogens with zero attached hydrogens (tertiary/aromatic N) is 1. The molecule has 0 bridgehead atoms. The van der Waals surface area contributed by atoms with Crippen LogP contribution in [0, 0.1) is 6.92 Å². The van der Waals surface area contributed by atoms with Crippen molar-refractivity contribution in [3.05, 3.63) is 9.88 Å². The third-order valence-electron chi connectivity index (χ3n) is 1.10. The summed E-state index contributed by atoms with van der Waals surface area (Å²) >= 11 is 1.21. The molecule has 52 valence electrons. The normalized spacial score (nSPS) is 9.70. The molecule has 3 nitrogen and oxygen atoms in total. The molecule has 0 radical (unpaired) electrons. The van der Waals surface area contributed by atoms with Gasteiger partial charge in [0.1, 0.15) is 4.88 Å². The summed E-state index contributed by atoms with van der Waals surface area (Å²) in [7, 11) is 1.70. The first-order valence-electron chi connectivity index (χ1n) is 2.78. The zero-order valence-corrected chi connectivity index (χ0v) is 6.53. The van der Waals surface area contributed by atoms with Crippen LogP contribution in [0.2, 0.25) is 0 Å². The van der Waals surface area contributed by atoms with Crippen LogP contribution in [0.4, 0.5) is 0 Å². The second-order valence-electron chi connectivity index (χ2n) is 1.95. The van der Waals surface area contributed by atoms with Gasteiger partial charge < -0.3 is 5.11 Å². The van der Waals surface area contributed by atoms with Crippen molar-refractivity contribution in [1.29, 1.82) is 0 Å². The molecule has 0 saturated heterocycles. The van der Waals surface area contributed by atoms with Crippen molar-refractivity contribution < 1.29 is 9.90 Å². The number of aromatic carboxylic acids is 1. The third kappa shape index (κ3) is 1.18. The minimum absolute atomic E-state index is 0.345. The van der Waals surface area contributed by atoms with E-state index in [2.05, 4.69) is 4.98 Å². The maximum absolute atomic E-state index is 10.4. The Hall–Kier alpha value is -0.835. The summed E-state index contributed by atoms with van der Waals surface area (Å²) in [6, 6.07) is 0. The lowest BCUT2D eigenvalue weighted by atomic mass is 10.0. The van der Waals surface area contributed by atoms with Crippen LogP contribution in [0.5, 0.6) is 0 Å². The van der Waals surface area contributed by atoms with Gasteiger partial charge in [-0.1, -0.05) is 0 Å². The van der Waals surface area contributed by atoms with Gasteiger partial charge in [0.05, 0.1) is 5.01 Å². The summed E-state index contributed by atoms with van der Waals surface area (Å²) in [5.41, 5.74) is 0.606. The molecule has 0 saturated carbocycles. The maximum Gasteiger partial charge on any atom is 0.346 e. The van der Waals surface area contributed by atoms with Crippen molar-refractivity contribution >= 4 is 30.7 Å². The summed E-state index contributed by atoms with van der Waals surface area (Å²) in [4.78, 5) is 14.7. The highest BCUT2D eigenvalue weighted by atomic mass is 32.1. The van der Waals surface area contributed by atoms with Crippen LogP contribution in [-0.4, -0.2) is 23.9 Å². The summed E-state index contributed by atoms with van der Waals surface area (Å²) in [5, 5.41) is 9.35. The molecule has 0 aliphatic carbocycles. The van der Waals surface area contributed by atoms with Crippen molar-refractivity contribution in [1.82, 2.24) is 4.98 Å². The third-order valence-corrected chi connectivity index (χ3v) is 2.16. The van der Waals surface area contributed by atoms with E-state index in [1.54, 1.807) is 14.8 Å². The molecule has 0 fully saturated rings. The van der Waals surface area contributed by atoms with E-state index in [0.29, 0.717) is 10.5 Å². The molecule has 1 N–H and O–H groups in total. The standard InChI is InChI=1S/C5H6BNO2S/c1-2-7-4(6)3(10-2)5(8)9/h6H2,1H3,(H,8,9). The fourth-order valence-electron chi connectivity index (χ4n) is 0.730. The molecular weight excluding hydrogens is 149 g/mol. The monoisotopic (exact) mass is 155 g/mol. The number of carboxylic acids is 1. The maximum atomic E-state index is 10.4. The van der Waals surface area contributed by atoms with Gasteiger partial charge in [0.15, 0.2) is 7.85 Å². The molecule has 0 spiro atoms. The summed E-state index contributed by atoms with van der Waals surface area (Å²) in [6.45, 7) is 1.80. The Labute approximate surface area is 63.1 Å². The fraction of sp³-hybridized carbons (Fsp3) is 0.200. The zero-order valence-electron chi connectivity index (χ0n) is 5.71. The minimum atomic E-state index is -0.886. The Kier molecular flexibility index (Phi) is 1.76. The highest BCUT2D eigenvalue weighted by Crippen LogP contribution is 2.07. The number of carboxylic acid groups (broad SMARTS) is 1. The van der Waals surface area contributed by atoms with Gasteiger partial charge in [0.2, 0.25) is 0 Å². The predicted molar refractivity (Wildman–Crippen MR) is 42.0 cm³/mol. The fourth-order valence-corrected chi connectivity index (χ4v) is 1.49. The van der Waals surface area contributed by atoms with Crippen molar-refractivity contribution in [2.24, 2.45) is 0 Å². The number of hydrogen-bond donors (Lipinski definition) is 1.